The van der Waals surface area contributed by atoms with E-state index in [2.05, 4.69) is 5.10 Å². The normalized spacial score (nSPS) is 20.1. The average molecular weight is 388 g/mol. The number of anilines is 1. The summed E-state index contributed by atoms with van der Waals surface area (Å²) < 4.78 is 24.8. The third-order valence-corrected chi connectivity index (χ3v) is 6.78. The third-order valence-electron chi connectivity index (χ3n) is 4.05. The lowest BCUT2D eigenvalue weighted by atomic mass is 10.3. The van der Waals surface area contributed by atoms with Crippen molar-refractivity contribution in [3.8, 4) is 5.69 Å². The molecule has 128 valence electrons. The molecular formula is C15H15Cl2N3O3S. The highest BCUT2D eigenvalue weighted by molar-refractivity contribution is 7.92. The summed E-state index contributed by atoms with van der Waals surface area (Å²) in [4.78, 5) is 14.3. The van der Waals surface area contributed by atoms with Crippen LogP contribution in [0.1, 0.15) is 6.92 Å². The molecule has 1 aliphatic rings. The maximum absolute atomic E-state index is 12.5. The summed E-state index contributed by atoms with van der Waals surface area (Å²) in [7, 11) is -3.08. The second-order valence-corrected chi connectivity index (χ2v) is 9.01. The van der Waals surface area contributed by atoms with Crippen molar-refractivity contribution in [3.63, 3.8) is 0 Å². The number of sulfone groups is 1. The summed E-state index contributed by atoms with van der Waals surface area (Å²) in [5.74, 6) is 0.0325. The van der Waals surface area contributed by atoms with Crippen LogP contribution in [0.3, 0.4) is 0 Å². The summed E-state index contributed by atoms with van der Waals surface area (Å²) in [6, 6.07) is 6.65. The predicted molar refractivity (Wildman–Crippen MR) is 95.3 cm³/mol. The van der Waals surface area contributed by atoms with Crippen LogP contribution in [0.4, 0.5) is 5.69 Å². The maximum Gasteiger partial charge on any atom is 0.292 e. The molecule has 2 heterocycles. The Bertz CT molecular complexity index is 926. The second kappa shape index (κ2) is 6.38. The van der Waals surface area contributed by atoms with Gasteiger partial charge in [0, 0.05) is 18.1 Å². The van der Waals surface area contributed by atoms with Crippen molar-refractivity contribution in [3.05, 3.63) is 50.9 Å². The molecule has 0 amide bonds. The molecule has 3 rings (SSSR count). The van der Waals surface area contributed by atoms with Gasteiger partial charge in [-0.15, -0.1) is 0 Å². The topological polar surface area (TPSA) is 72.3 Å². The number of hydrogen-bond donors (Lipinski definition) is 0. The van der Waals surface area contributed by atoms with Crippen LogP contribution in [0.15, 0.2) is 35.3 Å². The molecule has 9 heteroatoms. The number of rotatable bonds is 2. The quantitative estimate of drug-likeness (QED) is 0.789. The zero-order valence-electron chi connectivity index (χ0n) is 12.8. The summed E-state index contributed by atoms with van der Waals surface area (Å²) in [6.07, 6.45) is 1.49. The van der Waals surface area contributed by atoms with E-state index in [1.54, 1.807) is 36.1 Å². The Morgan fingerprint density at radius 3 is 2.50 bits per heavy atom. The molecule has 0 bridgehead atoms. The highest BCUT2D eigenvalue weighted by Crippen LogP contribution is 2.25. The zero-order valence-corrected chi connectivity index (χ0v) is 15.1. The molecule has 24 heavy (non-hydrogen) atoms. The first-order valence-electron chi connectivity index (χ1n) is 7.30. The van der Waals surface area contributed by atoms with E-state index in [0.717, 1.165) is 0 Å². The number of hydrogen-bond acceptors (Lipinski definition) is 5. The molecule has 2 aromatic rings. The van der Waals surface area contributed by atoms with Gasteiger partial charge in [-0.05, 0) is 31.2 Å². The summed E-state index contributed by atoms with van der Waals surface area (Å²) in [6.45, 7) is 2.23. The summed E-state index contributed by atoms with van der Waals surface area (Å²) in [5.41, 5.74) is 0.540. The number of aromatic nitrogens is 2. The number of nitrogens with zero attached hydrogens (tertiary/aromatic N) is 3. The van der Waals surface area contributed by atoms with Gasteiger partial charge in [-0.25, -0.2) is 8.42 Å². The molecule has 0 radical (unpaired) electrons. The van der Waals surface area contributed by atoms with Gasteiger partial charge in [0.05, 0.1) is 28.6 Å². The van der Waals surface area contributed by atoms with Crippen molar-refractivity contribution in [1.82, 2.24) is 9.78 Å². The van der Waals surface area contributed by atoms with Crippen LogP contribution >= 0.6 is 23.2 Å². The van der Waals surface area contributed by atoms with Crippen molar-refractivity contribution in [2.24, 2.45) is 0 Å². The van der Waals surface area contributed by atoms with Crippen molar-refractivity contribution in [2.45, 2.75) is 12.2 Å². The Hall–Kier alpha value is -1.57. The minimum atomic E-state index is -3.08. The molecule has 1 saturated heterocycles. The third kappa shape index (κ3) is 3.16. The minimum absolute atomic E-state index is 0.0199. The molecule has 1 aromatic carbocycles. The van der Waals surface area contributed by atoms with E-state index < -0.39 is 20.6 Å². The summed E-state index contributed by atoms with van der Waals surface area (Å²) in [5, 5.41) is 4.22. The van der Waals surface area contributed by atoms with Crippen LogP contribution in [-0.2, 0) is 9.84 Å². The van der Waals surface area contributed by atoms with Gasteiger partial charge in [0.15, 0.2) is 9.84 Å². The molecule has 1 aromatic heterocycles. The monoisotopic (exact) mass is 387 g/mol. The van der Waals surface area contributed by atoms with Crippen LogP contribution in [-0.4, -0.2) is 42.3 Å². The van der Waals surface area contributed by atoms with Gasteiger partial charge < -0.3 is 4.90 Å². The molecule has 6 nitrogen and oxygen atoms in total. The Kier molecular flexibility index (Phi) is 4.59. The molecule has 1 unspecified atom stereocenters. The first-order chi connectivity index (χ1) is 11.3. The number of benzene rings is 1. The van der Waals surface area contributed by atoms with Gasteiger partial charge in [-0.1, -0.05) is 23.2 Å². The molecule has 1 fully saturated rings. The fourth-order valence-corrected chi connectivity index (χ4v) is 4.24. The first-order valence-corrected chi connectivity index (χ1v) is 9.77. The van der Waals surface area contributed by atoms with E-state index in [1.165, 1.54) is 10.9 Å². The fourth-order valence-electron chi connectivity index (χ4n) is 2.58. The summed E-state index contributed by atoms with van der Waals surface area (Å²) >= 11 is 12.1. The average Bonchev–Trinajstić information content (AvgIpc) is 2.54. The minimum Gasteiger partial charge on any atom is -0.367 e. The molecule has 1 atom stereocenters. The molecule has 0 aliphatic carbocycles. The smallest absolute Gasteiger partial charge is 0.292 e. The van der Waals surface area contributed by atoms with E-state index in [-0.39, 0.29) is 17.3 Å². The second-order valence-electron chi connectivity index (χ2n) is 5.66. The van der Waals surface area contributed by atoms with Crippen LogP contribution in [0.5, 0.6) is 0 Å². The fraction of sp³-hybridized carbons (Fsp3) is 0.333. The van der Waals surface area contributed by atoms with Crippen LogP contribution in [0.25, 0.3) is 5.69 Å². The standard InChI is InChI=1S/C15H15Cl2N3O3S/c1-10-9-19(6-7-24(10,22)23)13-8-18-20(15(21)14(13)17)12-4-2-11(16)3-5-12/h2-5,8,10H,6-7,9H2,1H3. The number of halogens is 2. The predicted octanol–water partition coefficient (Wildman–Crippen LogP) is 2.16. The van der Waals surface area contributed by atoms with Gasteiger partial charge in [-0.2, -0.15) is 9.78 Å². The van der Waals surface area contributed by atoms with Gasteiger partial charge in [0.2, 0.25) is 0 Å². The van der Waals surface area contributed by atoms with E-state index in [9.17, 15) is 13.2 Å². The Morgan fingerprint density at radius 2 is 1.88 bits per heavy atom. The largest absolute Gasteiger partial charge is 0.367 e. The van der Waals surface area contributed by atoms with Gasteiger partial charge >= 0.3 is 0 Å². The Morgan fingerprint density at radius 1 is 1.21 bits per heavy atom. The lowest BCUT2D eigenvalue weighted by molar-refractivity contribution is 0.569. The lowest BCUT2D eigenvalue weighted by Gasteiger charge is -2.32. The van der Waals surface area contributed by atoms with Crippen molar-refractivity contribution in [1.29, 1.82) is 0 Å². The molecule has 0 N–H and O–H groups in total. The van der Waals surface area contributed by atoms with Crippen molar-refractivity contribution >= 4 is 38.7 Å². The van der Waals surface area contributed by atoms with Gasteiger partial charge in [0.25, 0.3) is 5.56 Å². The zero-order chi connectivity index (χ0) is 17.5. The van der Waals surface area contributed by atoms with E-state index in [1.807, 2.05) is 0 Å². The lowest BCUT2D eigenvalue weighted by Crippen LogP contribution is -2.46. The van der Waals surface area contributed by atoms with Crippen LogP contribution in [0, 0.1) is 0 Å². The van der Waals surface area contributed by atoms with Crippen molar-refractivity contribution in [2.75, 3.05) is 23.7 Å². The molecular weight excluding hydrogens is 373 g/mol. The Labute approximate surface area is 149 Å². The van der Waals surface area contributed by atoms with E-state index in [0.29, 0.717) is 22.9 Å². The molecule has 0 saturated carbocycles. The van der Waals surface area contributed by atoms with Gasteiger partial charge in [0.1, 0.15) is 5.02 Å². The van der Waals surface area contributed by atoms with E-state index >= 15 is 0 Å². The maximum atomic E-state index is 12.5. The van der Waals surface area contributed by atoms with Crippen molar-refractivity contribution < 1.29 is 8.42 Å². The molecule has 1 aliphatic heterocycles. The van der Waals surface area contributed by atoms with Crippen LogP contribution < -0.4 is 10.5 Å². The van der Waals surface area contributed by atoms with E-state index in [4.69, 9.17) is 23.2 Å². The highest BCUT2D eigenvalue weighted by Gasteiger charge is 2.31. The Balaban J connectivity index is 1.97. The highest BCUT2D eigenvalue weighted by atomic mass is 35.5. The SMILES string of the molecule is CC1CN(c2cnn(-c3ccc(Cl)cc3)c(=O)c2Cl)CCS1(=O)=O. The molecule has 0 spiro atoms. The van der Waals surface area contributed by atoms with Crippen LogP contribution in [0.2, 0.25) is 10.0 Å². The van der Waals surface area contributed by atoms with Gasteiger partial charge in [-0.3, -0.25) is 4.79 Å². The first kappa shape index (κ1) is 17.3.